The van der Waals surface area contributed by atoms with Gasteiger partial charge in [-0.25, -0.2) is 0 Å². The number of carboxylic acid groups (broad SMARTS) is 1. The summed E-state index contributed by atoms with van der Waals surface area (Å²) in [6.45, 7) is 8.21. The predicted molar refractivity (Wildman–Crippen MR) is 66.4 cm³/mol. The van der Waals surface area contributed by atoms with Crippen molar-refractivity contribution >= 4 is 11.9 Å². The van der Waals surface area contributed by atoms with Crippen LogP contribution in [0, 0.1) is 11.3 Å². The van der Waals surface area contributed by atoms with Crippen LogP contribution in [0.4, 0.5) is 0 Å². The minimum atomic E-state index is -1.10. The fourth-order valence-corrected chi connectivity index (χ4v) is 1.24. The lowest BCUT2D eigenvalue weighted by Crippen LogP contribution is -2.50. The Bertz CT molecular complexity index is 308. The first-order valence-corrected chi connectivity index (χ1v) is 6.18. The van der Waals surface area contributed by atoms with Gasteiger partial charge in [-0.15, -0.1) is 0 Å². The second-order valence-corrected chi connectivity index (χ2v) is 6.20. The number of likely N-dealkylation sites (N-methyl/N-ethyl adjacent to an activating group) is 1. The van der Waals surface area contributed by atoms with Crippen LogP contribution in [-0.2, 0) is 14.3 Å². The van der Waals surface area contributed by atoms with E-state index >= 15 is 0 Å². The summed E-state index contributed by atoms with van der Waals surface area (Å²) in [4.78, 5) is 22.4. The number of esters is 1. The van der Waals surface area contributed by atoms with Gasteiger partial charge in [-0.1, -0.05) is 13.8 Å². The van der Waals surface area contributed by atoms with Gasteiger partial charge in [0.2, 0.25) is 0 Å². The van der Waals surface area contributed by atoms with Crippen LogP contribution in [0.2, 0.25) is 0 Å². The quantitative estimate of drug-likeness (QED) is 0.478. The highest BCUT2D eigenvalue weighted by Gasteiger charge is 2.33. The number of hydrogen-bond donors (Lipinski definition) is 0. The van der Waals surface area contributed by atoms with Gasteiger partial charge < -0.3 is 19.1 Å². The Balaban J connectivity index is 4.20. The van der Waals surface area contributed by atoms with Crippen LogP contribution >= 0.6 is 0 Å². The van der Waals surface area contributed by atoms with Crippen molar-refractivity contribution in [3.8, 4) is 0 Å². The highest BCUT2D eigenvalue weighted by atomic mass is 16.5. The number of carbonyl (C=O) groups is 2. The molecule has 0 aromatic heterocycles. The standard InChI is InChI=1S/C13H25NO4/c1-10(2)13(3,4)12(17)18-8-7-14(5,6)9-11(15)16/h10H,7-9H2,1-6H3. The molecule has 0 rings (SSSR count). The van der Waals surface area contributed by atoms with Crippen LogP contribution in [0.5, 0.6) is 0 Å². The molecule has 0 heterocycles. The number of carboxylic acids is 1. The van der Waals surface area contributed by atoms with Gasteiger partial charge in [-0.05, 0) is 19.8 Å². The summed E-state index contributed by atoms with van der Waals surface area (Å²) >= 11 is 0. The third kappa shape index (κ3) is 5.49. The minimum absolute atomic E-state index is 0.0921. The molecule has 0 saturated carbocycles. The molecule has 0 fully saturated rings. The maximum Gasteiger partial charge on any atom is 0.311 e. The molecule has 0 aliphatic carbocycles. The first-order valence-electron chi connectivity index (χ1n) is 6.18. The Labute approximate surface area is 109 Å². The largest absolute Gasteiger partial charge is 0.544 e. The van der Waals surface area contributed by atoms with E-state index in [2.05, 4.69) is 0 Å². The van der Waals surface area contributed by atoms with E-state index in [1.165, 1.54) is 0 Å². The maximum atomic E-state index is 11.9. The molecule has 0 spiro atoms. The summed E-state index contributed by atoms with van der Waals surface area (Å²) in [6.07, 6.45) is 0. The first kappa shape index (κ1) is 16.9. The van der Waals surface area contributed by atoms with E-state index in [1.54, 1.807) is 14.1 Å². The fourth-order valence-electron chi connectivity index (χ4n) is 1.24. The lowest BCUT2D eigenvalue weighted by atomic mass is 9.81. The summed E-state index contributed by atoms with van der Waals surface area (Å²) in [5, 5.41) is 10.5. The van der Waals surface area contributed by atoms with Gasteiger partial charge in [0.05, 0.1) is 25.5 Å². The summed E-state index contributed by atoms with van der Waals surface area (Å²) in [7, 11) is 3.52. The van der Waals surface area contributed by atoms with Crippen molar-refractivity contribution < 1.29 is 23.9 Å². The van der Waals surface area contributed by atoms with Gasteiger partial charge >= 0.3 is 5.97 Å². The number of ether oxygens (including phenoxy) is 1. The molecule has 106 valence electrons. The van der Waals surface area contributed by atoms with Gasteiger partial charge in [0.15, 0.2) is 0 Å². The van der Waals surface area contributed by atoms with Crippen molar-refractivity contribution in [2.45, 2.75) is 27.7 Å². The molecule has 0 aliphatic heterocycles. The van der Waals surface area contributed by atoms with Crippen LogP contribution in [0.1, 0.15) is 27.7 Å². The Morgan fingerprint density at radius 1 is 1.28 bits per heavy atom. The first-order chi connectivity index (χ1) is 7.99. The topological polar surface area (TPSA) is 66.4 Å². The molecule has 0 aromatic rings. The maximum absolute atomic E-state index is 11.9. The molecule has 18 heavy (non-hydrogen) atoms. The van der Waals surface area contributed by atoms with E-state index in [9.17, 15) is 14.7 Å². The number of rotatable bonds is 7. The second kappa shape index (κ2) is 6.18. The van der Waals surface area contributed by atoms with Crippen molar-refractivity contribution in [1.82, 2.24) is 0 Å². The summed E-state index contributed by atoms with van der Waals surface area (Å²) < 4.78 is 5.45. The number of nitrogens with zero attached hydrogens (tertiary/aromatic N) is 1. The summed E-state index contributed by atoms with van der Waals surface area (Å²) in [6, 6.07) is 0. The Kier molecular flexibility index (Phi) is 5.80. The molecule has 5 heteroatoms. The Morgan fingerprint density at radius 3 is 2.17 bits per heavy atom. The van der Waals surface area contributed by atoms with Crippen LogP contribution in [0.25, 0.3) is 0 Å². The van der Waals surface area contributed by atoms with E-state index in [1.807, 2.05) is 27.7 Å². The molecule has 0 aliphatic rings. The van der Waals surface area contributed by atoms with E-state index < -0.39 is 11.4 Å². The molecule has 0 bridgehead atoms. The van der Waals surface area contributed by atoms with E-state index in [0.29, 0.717) is 6.54 Å². The fraction of sp³-hybridized carbons (Fsp3) is 0.846. The van der Waals surface area contributed by atoms with Crippen LogP contribution in [-0.4, -0.2) is 50.2 Å². The van der Waals surface area contributed by atoms with Crippen LogP contribution in [0.3, 0.4) is 0 Å². The molecule has 0 amide bonds. The van der Waals surface area contributed by atoms with E-state index in [0.717, 1.165) is 0 Å². The monoisotopic (exact) mass is 259 g/mol. The molecular weight excluding hydrogens is 234 g/mol. The predicted octanol–water partition coefficient (Wildman–Crippen LogP) is 0.0381. The van der Waals surface area contributed by atoms with Crippen LogP contribution < -0.4 is 5.11 Å². The number of aliphatic carboxylic acids is 1. The highest BCUT2D eigenvalue weighted by molar-refractivity contribution is 5.76. The molecule has 0 saturated heterocycles. The zero-order valence-electron chi connectivity index (χ0n) is 12.3. The van der Waals surface area contributed by atoms with E-state index in [4.69, 9.17) is 4.74 Å². The molecular formula is C13H25NO4. The molecule has 0 unspecified atom stereocenters. The van der Waals surface area contributed by atoms with Gasteiger partial charge in [0.25, 0.3) is 0 Å². The van der Waals surface area contributed by atoms with Crippen molar-refractivity contribution in [2.75, 3.05) is 33.8 Å². The Hall–Kier alpha value is -1.10. The Morgan fingerprint density at radius 2 is 1.78 bits per heavy atom. The molecule has 0 aromatic carbocycles. The smallest absolute Gasteiger partial charge is 0.311 e. The zero-order valence-corrected chi connectivity index (χ0v) is 12.3. The average Bonchev–Trinajstić information content (AvgIpc) is 2.14. The lowest BCUT2D eigenvalue weighted by molar-refractivity contribution is -0.884. The highest BCUT2D eigenvalue weighted by Crippen LogP contribution is 2.27. The van der Waals surface area contributed by atoms with E-state index in [-0.39, 0.29) is 29.5 Å². The number of quaternary nitrogens is 1. The average molecular weight is 259 g/mol. The van der Waals surface area contributed by atoms with Gasteiger partial charge in [-0.3, -0.25) is 4.79 Å². The van der Waals surface area contributed by atoms with Crippen LogP contribution in [0.15, 0.2) is 0 Å². The van der Waals surface area contributed by atoms with Crippen molar-refractivity contribution in [2.24, 2.45) is 11.3 Å². The molecule has 0 atom stereocenters. The summed E-state index contributed by atoms with van der Waals surface area (Å²) in [5.74, 6) is -1.16. The van der Waals surface area contributed by atoms with Crippen molar-refractivity contribution in [3.05, 3.63) is 0 Å². The molecule has 5 nitrogen and oxygen atoms in total. The normalized spacial score (nSPS) is 12.6. The third-order valence-corrected chi connectivity index (χ3v) is 3.46. The second-order valence-electron chi connectivity index (χ2n) is 6.20. The summed E-state index contributed by atoms with van der Waals surface area (Å²) in [5.41, 5.74) is -0.522. The molecule has 0 radical (unpaired) electrons. The van der Waals surface area contributed by atoms with Crippen molar-refractivity contribution in [3.63, 3.8) is 0 Å². The van der Waals surface area contributed by atoms with Crippen molar-refractivity contribution in [1.29, 1.82) is 0 Å². The number of carbonyl (C=O) groups excluding carboxylic acids is 2. The SMILES string of the molecule is CC(C)C(C)(C)C(=O)OCC[N+](C)(C)CC(=O)[O-]. The van der Waals surface area contributed by atoms with Gasteiger partial charge in [-0.2, -0.15) is 0 Å². The van der Waals surface area contributed by atoms with Gasteiger partial charge in [0, 0.05) is 0 Å². The lowest BCUT2D eigenvalue weighted by Gasteiger charge is -2.31. The number of hydrogen-bond acceptors (Lipinski definition) is 4. The molecule has 0 N–H and O–H groups in total. The zero-order chi connectivity index (χ0) is 14.6. The minimum Gasteiger partial charge on any atom is -0.544 e. The third-order valence-electron chi connectivity index (χ3n) is 3.46. The van der Waals surface area contributed by atoms with Gasteiger partial charge in [0.1, 0.15) is 19.7 Å².